The van der Waals surface area contributed by atoms with Crippen molar-refractivity contribution in [2.45, 2.75) is 24.2 Å². The standard InChI is InChI=1S/C7H5N2O.C4H9.Sn/c1-10-7-2-3-9-5-6(7)4-8;1-4(2)3;/h2,5H,1H3;1-3H3;. The molecule has 4 heteroatoms. The maximum atomic E-state index is 8.82. The van der Waals surface area contributed by atoms with Gasteiger partial charge in [-0.1, -0.05) is 0 Å². The molecule has 15 heavy (non-hydrogen) atoms. The van der Waals surface area contributed by atoms with E-state index >= 15 is 0 Å². The third-order valence-corrected chi connectivity index (χ3v) is 5.36. The van der Waals surface area contributed by atoms with Crippen molar-refractivity contribution in [2.24, 2.45) is 0 Å². The number of aromatic nitrogens is 1. The van der Waals surface area contributed by atoms with E-state index in [2.05, 4.69) is 31.8 Å². The van der Waals surface area contributed by atoms with E-state index in [0.29, 0.717) is 14.7 Å². The summed E-state index contributed by atoms with van der Waals surface area (Å²) in [4.78, 5) is 4.32. The molecule has 0 saturated heterocycles. The normalized spacial score (nSPS) is 10.9. The van der Waals surface area contributed by atoms with E-state index in [4.69, 9.17) is 10.00 Å². The Balaban J connectivity index is 3.00. The van der Waals surface area contributed by atoms with Crippen molar-refractivity contribution in [1.82, 2.24) is 4.98 Å². The number of methoxy groups -OCH3 is 1. The summed E-state index contributed by atoms with van der Waals surface area (Å²) in [5.74, 6) is 0.646. The van der Waals surface area contributed by atoms with Crippen LogP contribution in [0.1, 0.15) is 26.3 Å². The van der Waals surface area contributed by atoms with Crippen LogP contribution in [0.4, 0.5) is 0 Å². The topological polar surface area (TPSA) is 45.9 Å². The minimum absolute atomic E-state index is 0.357. The second-order valence-electron chi connectivity index (χ2n) is 4.26. The van der Waals surface area contributed by atoms with Gasteiger partial charge in [0.25, 0.3) is 0 Å². The molecule has 0 aliphatic rings. The molecular formula is C11H14N2OSn. The molecule has 2 radical (unpaired) electrons. The van der Waals surface area contributed by atoms with Crippen LogP contribution in [0.15, 0.2) is 12.3 Å². The van der Waals surface area contributed by atoms with E-state index in [-0.39, 0.29) is 0 Å². The summed E-state index contributed by atoms with van der Waals surface area (Å²) in [5.41, 5.74) is 0.509. The van der Waals surface area contributed by atoms with Gasteiger partial charge in [-0.3, -0.25) is 0 Å². The predicted octanol–water partition coefficient (Wildman–Crippen LogP) is 1.51. The first kappa shape index (κ1) is 12.3. The van der Waals surface area contributed by atoms with Gasteiger partial charge in [0.1, 0.15) is 0 Å². The fourth-order valence-corrected chi connectivity index (χ4v) is 4.28. The van der Waals surface area contributed by atoms with Gasteiger partial charge < -0.3 is 0 Å². The van der Waals surface area contributed by atoms with Gasteiger partial charge in [0.05, 0.1) is 0 Å². The van der Waals surface area contributed by atoms with Crippen molar-refractivity contribution in [3.63, 3.8) is 0 Å². The molecule has 0 amide bonds. The van der Waals surface area contributed by atoms with E-state index in [9.17, 15) is 0 Å². The zero-order chi connectivity index (χ0) is 11.5. The number of pyridine rings is 1. The van der Waals surface area contributed by atoms with Crippen LogP contribution < -0.4 is 8.45 Å². The number of nitrogens with zero attached hydrogens (tertiary/aromatic N) is 2. The molecule has 0 aromatic carbocycles. The number of hydrogen-bond donors (Lipinski definition) is 0. The van der Waals surface area contributed by atoms with Gasteiger partial charge in [-0.15, -0.1) is 0 Å². The molecule has 0 aliphatic carbocycles. The Morgan fingerprint density at radius 2 is 2.13 bits per heavy atom. The van der Waals surface area contributed by atoms with Gasteiger partial charge in [-0.2, -0.15) is 0 Å². The van der Waals surface area contributed by atoms with Crippen molar-refractivity contribution in [1.29, 1.82) is 5.26 Å². The van der Waals surface area contributed by atoms with Crippen LogP contribution in [0.3, 0.4) is 0 Å². The number of rotatable bonds is 2. The van der Waals surface area contributed by atoms with Gasteiger partial charge in [0.2, 0.25) is 0 Å². The zero-order valence-corrected chi connectivity index (χ0v) is 12.3. The molecule has 0 atom stereocenters. The molecule has 1 aromatic heterocycles. The van der Waals surface area contributed by atoms with Crippen molar-refractivity contribution >= 4 is 24.9 Å². The Labute approximate surface area is 101 Å². The van der Waals surface area contributed by atoms with Gasteiger partial charge in [-0.05, 0) is 0 Å². The van der Waals surface area contributed by atoms with Crippen LogP contribution in [0.25, 0.3) is 0 Å². The van der Waals surface area contributed by atoms with Crippen LogP contribution in [-0.4, -0.2) is 33.2 Å². The van der Waals surface area contributed by atoms with Crippen LogP contribution in [0, 0.1) is 11.3 Å². The average Bonchev–Trinajstić information content (AvgIpc) is 2.15. The molecule has 0 fully saturated rings. The van der Waals surface area contributed by atoms with Gasteiger partial charge in [0, 0.05) is 0 Å². The molecule has 1 heterocycles. The quantitative estimate of drug-likeness (QED) is 0.778. The average molecular weight is 309 g/mol. The first-order valence-corrected chi connectivity index (χ1v) is 7.54. The Morgan fingerprint density at radius 1 is 1.47 bits per heavy atom. The Hall–Kier alpha value is -0.761. The number of ether oxygens (including phenoxy) is 1. The van der Waals surface area contributed by atoms with Gasteiger partial charge >= 0.3 is 101 Å². The molecule has 0 N–H and O–H groups in total. The molecule has 0 unspecified atom stereocenters. The maximum absolute atomic E-state index is 8.82. The van der Waals surface area contributed by atoms with Crippen molar-refractivity contribution in [3.8, 4) is 11.8 Å². The molecule has 3 nitrogen and oxygen atoms in total. The Bertz CT molecular complexity index is 391. The van der Waals surface area contributed by atoms with Crippen molar-refractivity contribution in [2.75, 3.05) is 7.11 Å². The van der Waals surface area contributed by atoms with Gasteiger partial charge in [0.15, 0.2) is 0 Å². The van der Waals surface area contributed by atoms with Crippen molar-refractivity contribution in [3.05, 3.63) is 17.8 Å². The summed E-state index contributed by atoms with van der Waals surface area (Å²) in [6.45, 7) is 6.68. The molecule has 1 aromatic rings. The van der Waals surface area contributed by atoms with E-state index in [0.717, 1.165) is 3.71 Å². The number of nitriles is 1. The molecule has 0 aliphatic heterocycles. The third-order valence-electron chi connectivity index (χ3n) is 1.71. The van der Waals surface area contributed by atoms with Crippen LogP contribution in [0.2, 0.25) is 3.43 Å². The first-order chi connectivity index (χ1) is 6.96. The SMILES string of the molecule is COc1c[c]([Sn][C](C)(C)C)ncc1C#N. The minimum atomic E-state index is -0.719. The monoisotopic (exact) mass is 310 g/mol. The molecular weight excluding hydrogens is 295 g/mol. The van der Waals surface area contributed by atoms with E-state index in [1.54, 1.807) is 13.3 Å². The fraction of sp³-hybridized carbons (Fsp3) is 0.455. The predicted molar refractivity (Wildman–Crippen MR) is 60.6 cm³/mol. The number of hydrogen-bond acceptors (Lipinski definition) is 3. The summed E-state index contributed by atoms with van der Waals surface area (Å²) < 4.78 is 6.64. The zero-order valence-electron chi connectivity index (χ0n) is 9.46. The van der Waals surface area contributed by atoms with Crippen LogP contribution in [0.5, 0.6) is 5.75 Å². The third kappa shape index (κ3) is 3.71. The second-order valence-corrected chi connectivity index (χ2v) is 10.7. The Morgan fingerprint density at radius 3 is 2.60 bits per heavy atom. The Kier molecular flexibility index (Phi) is 3.97. The molecule has 0 saturated carbocycles. The summed E-state index contributed by atoms with van der Waals surface area (Å²) in [6.07, 6.45) is 1.61. The first-order valence-electron chi connectivity index (χ1n) is 4.68. The van der Waals surface area contributed by atoms with E-state index < -0.39 is 21.1 Å². The summed E-state index contributed by atoms with van der Waals surface area (Å²) in [6, 6.07) is 3.98. The fourth-order valence-electron chi connectivity index (χ4n) is 1.14. The van der Waals surface area contributed by atoms with Crippen LogP contribution in [-0.2, 0) is 0 Å². The molecule has 1 rings (SSSR count). The summed E-state index contributed by atoms with van der Waals surface area (Å²) in [7, 11) is 1.59. The molecule has 78 valence electrons. The second kappa shape index (κ2) is 4.84. The van der Waals surface area contributed by atoms with E-state index in [1.807, 2.05) is 6.07 Å². The molecule has 0 spiro atoms. The van der Waals surface area contributed by atoms with Crippen molar-refractivity contribution < 1.29 is 4.74 Å². The summed E-state index contributed by atoms with van der Waals surface area (Å²) >= 11 is -0.719. The summed E-state index contributed by atoms with van der Waals surface area (Å²) in [5, 5.41) is 8.82. The molecule has 0 bridgehead atoms. The van der Waals surface area contributed by atoms with Gasteiger partial charge in [-0.25, -0.2) is 0 Å². The van der Waals surface area contributed by atoms with E-state index in [1.165, 1.54) is 0 Å². The van der Waals surface area contributed by atoms with Crippen LogP contribution >= 0.6 is 0 Å².